The summed E-state index contributed by atoms with van der Waals surface area (Å²) in [4.78, 5) is 33.1. The number of rotatable bonds is 4. The number of amides is 1. The quantitative estimate of drug-likeness (QED) is 0.478. The summed E-state index contributed by atoms with van der Waals surface area (Å²) in [7, 11) is 1.59. The lowest BCUT2D eigenvalue weighted by Crippen LogP contribution is -2.29. The van der Waals surface area contributed by atoms with Gasteiger partial charge in [0.2, 0.25) is 5.76 Å². The van der Waals surface area contributed by atoms with Gasteiger partial charge in [0.05, 0.1) is 24.1 Å². The maximum Gasteiger partial charge on any atom is 0.291 e. The Balaban J connectivity index is 1.77. The first-order valence-corrected chi connectivity index (χ1v) is 10.4. The molecular weight excluding hydrogens is 404 g/mol. The van der Waals surface area contributed by atoms with E-state index in [0.29, 0.717) is 28.8 Å². The summed E-state index contributed by atoms with van der Waals surface area (Å²) in [6, 6.07) is 14.4. The van der Waals surface area contributed by atoms with Crippen molar-refractivity contribution in [1.29, 1.82) is 0 Å². The molecule has 1 amide bonds. The molecule has 1 aliphatic rings. The number of carbonyl (C=O) groups is 1. The van der Waals surface area contributed by atoms with Gasteiger partial charge in [-0.15, -0.1) is 0 Å². The van der Waals surface area contributed by atoms with Crippen LogP contribution in [-0.2, 0) is 6.54 Å². The van der Waals surface area contributed by atoms with E-state index >= 15 is 0 Å². The largest absolute Gasteiger partial charge is 0.497 e. The van der Waals surface area contributed by atoms with Gasteiger partial charge in [-0.2, -0.15) is 0 Å². The van der Waals surface area contributed by atoms with Crippen molar-refractivity contribution in [3.05, 3.63) is 105 Å². The van der Waals surface area contributed by atoms with E-state index in [2.05, 4.69) is 4.98 Å². The van der Waals surface area contributed by atoms with Crippen LogP contribution in [0, 0.1) is 13.8 Å². The zero-order chi connectivity index (χ0) is 22.4. The molecule has 160 valence electrons. The molecule has 5 rings (SSSR count). The molecule has 2 aromatic heterocycles. The molecule has 1 atom stereocenters. The Hall–Kier alpha value is -3.93. The van der Waals surface area contributed by atoms with E-state index in [1.807, 2.05) is 62.4 Å². The highest BCUT2D eigenvalue weighted by Gasteiger charge is 2.43. The topological polar surface area (TPSA) is 72.6 Å². The number of aromatic nitrogens is 1. The monoisotopic (exact) mass is 426 g/mol. The first kappa shape index (κ1) is 20.0. The van der Waals surface area contributed by atoms with Gasteiger partial charge < -0.3 is 14.1 Å². The first-order valence-electron chi connectivity index (χ1n) is 10.4. The average Bonchev–Trinajstić information content (AvgIpc) is 3.07. The van der Waals surface area contributed by atoms with Gasteiger partial charge in [0.25, 0.3) is 5.91 Å². The van der Waals surface area contributed by atoms with Crippen molar-refractivity contribution in [3.8, 4) is 5.75 Å². The number of ether oxygens (including phenoxy) is 1. The van der Waals surface area contributed by atoms with Crippen molar-refractivity contribution in [2.45, 2.75) is 26.4 Å². The summed E-state index contributed by atoms with van der Waals surface area (Å²) < 4.78 is 11.5. The molecule has 0 saturated carbocycles. The Morgan fingerprint density at radius 3 is 2.69 bits per heavy atom. The predicted octanol–water partition coefficient (Wildman–Crippen LogP) is 4.56. The van der Waals surface area contributed by atoms with Gasteiger partial charge in [-0.25, -0.2) is 0 Å². The third kappa shape index (κ3) is 3.15. The van der Waals surface area contributed by atoms with Gasteiger partial charge in [0.15, 0.2) is 5.43 Å². The molecule has 0 N–H and O–H groups in total. The maximum atomic E-state index is 13.7. The highest BCUT2D eigenvalue weighted by Crippen LogP contribution is 2.40. The zero-order valence-electron chi connectivity index (χ0n) is 18.1. The van der Waals surface area contributed by atoms with Gasteiger partial charge >= 0.3 is 0 Å². The SMILES string of the molecule is COc1cccc(C2c3c(oc4c(C)cc(C)cc4c3=O)C(=O)N2Cc2cccnc2)c1. The van der Waals surface area contributed by atoms with E-state index in [-0.39, 0.29) is 17.1 Å². The van der Waals surface area contributed by atoms with Crippen LogP contribution in [0.2, 0.25) is 0 Å². The summed E-state index contributed by atoms with van der Waals surface area (Å²) in [5.74, 6) is 0.448. The van der Waals surface area contributed by atoms with E-state index in [9.17, 15) is 9.59 Å². The standard InChI is InChI=1S/C26H22N2O4/c1-15-10-16(2)24-20(11-15)23(29)21-22(18-7-4-8-19(12-18)31-3)28(26(30)25(21)32-24)14-17-6-5-9-27-13-17/h4-13,22H,14H2,1-3H3. The van der Waals surface area contributed by atoms with Crippen LogP contribution in [-0.4, -0.2) is 22.9 Å². The minimum absolute atomic E-state index is 0.103. The van der Waals surface area contributed by atoms with Gasteiger partial charge in [-0.3, -0.25) is 14.6 Å². The number of fused-ring (bicyclic) bond motifs is 2. The minimum atomic E-state index is -0.589. The van der Waals surface area contributed by atoms with Crippen LogP contribution in [0.25, 0.3) is 11.0 Å². The number of pyridine rings is 1. The van der Waals surface area contributed by atoms with Crippen LogP contribution in [0.3, 0.4) is 0 Å². The van der Waals surface area contributed by atoms with Crippen molar-refractivity contribution < 1.29 is 13.9 Å². The molecule has 0 fully saturated rings. The summed E-state index contributed by atoms with van der Waals surface area (Å²) in [6.45, 7) is 4.13. The van der Waals surface area contributed by atoms with Crippen LogP contribution in [0.4, 0.5) is 0 Å². The molecule has 1 aliphatic heterocycles. The number of aryl methyl sites for hydroxylation is 2. The highest BCUT2D eigenvalue weighted by atomic mass is 16.5. The average molecular weight is 426 g/mol. The first-order chi connectivity index (χ1) is 15.5. The molecule has 6 heteroatoms. The maximum absolute atomic E-state index is 13.7. The lowest BCUT2D eigenvalue weighted by molar-refractivity contribution is 0.0714. The molecule has 2 aromatic carbocycles. The Bertz CT molecular complexity index is 1410. The van der Waals surface area contributed by atoms with Gasteiger partial charge in [0.1, 0.15) is 11.3 Å². The Morgan fingerprint density at radius 2 is 1.94 bits per heavy atom. The fourth-order valence-corrected chi connectivity index (χ4v) is 4.48. The van der Waals surface area contributed by atoms with Crippen molar-refractivity contribution in [3.63, 3.8) is 0 Å². The minimum Gasteiger partial charge on any atom is -0.497 e. The molecule has 1 unspecified atom stereocenters. The van der Waals surface area contributed by atoms with E-state index in [0.717, 1.165) is 22.3 Å². The number of nitrogens with zero attached hydrogens (tertiary/aromatic N) is 2. The second-order valence-electron chi connectivity index (χ2n) is 8.11. The molecule has 4 aromatic rings. The summed E-state index contributed by atoms with van der Waals surface area (Å²) >= 11 is 0. The summed E-state index contributed by atoms with van der Waals surface area (Å²) in [5, 5.41) is 0.491. The van der Waals surface area contributed by atoms with Crippen LogP contribution >= 0.6 is 0 Å². The normalized spacial score (nSPS) is 15.3. The molecule has 0 saturated heterocycles. The number of hydrogen-bond acceptors (Lipinski definition) is 5. The van der Waals surface area contributed by atoms with Crippen molar-refractivity contribution in [1.82, 2.24) is 9.88 Å². The van der Waals surface area contributed by atoms with E-state index < -0.39 is 6.04 Å². The van der Waals surface area contributed by atoms with Crippen molar-refractivity contribution in [2.75, 3.05) is 7.11 Å². The fraction of sp³-hybridized carbons (Fsp3) is 0.192. The van der Waals surface area contributed by atoms with E-state index in [4.69, 9.17) is 9.15 Å². The Labute approximate surface area is 185 Å². The van der Waals surface area contributed by atoms with Crippen molar-refractivity contribution >= 4 is 16.9 Å². The molecule has 3 heterocycles. The van der Waals surface area contributed by atoms with Gasteiger partial charge in [0, 0.05) is 18.9 Å². The summed E-state index contributed by atoms with van der Waals surface area (Å²) in [5.41, 5.74) is 4.10. The molecule has 6 nitrogen and oxygen atoms in total. The molecular formula is C26H22N2O4. The number of methoxy groups -OCH3 is 1. The van der Waals surface area contributed by atoms with Gasteiger partial charge in [-0.1, -0.05) is 24.3 Å². The van der Waals surface area contributed by atoms with Gasteiger partial charge in [-0.05, 0) is 60.4 Å². The van der Waals surface area contributed by atoms with E-state index in [1.165, 1.54) is 0 Å². The molecule has 0 bridgehead atoms. The molecule has 0 aliphatic carbocycles. The lowest BCUT2D eigenvalue weighted by atomic mass is 9.97. The third-order valence-corrected chi connectivity index (χ3v) is 5.88. The zero-order valence-corrected chi connectivity index (χ0v) is 18.1. The Morgan fingerprint density at radius 1 is 1.09 bits per heavy atom. The molecule has 0 radical (unpaired) electrons. The van der Waals surface area contributed by atoms with Crippen LogP contribution in [0.1, 0.15) is 44.4 Å². The number of benzene rings is 2. The van der Waals surface area contributed by atoms with Crippen molar-refractivity contribution in [2.24, 2.45) is 0 Å². The van der Waals surface area contributed by atoms with Crippen LogP contribution < -0.4 is 10.2 Å². The second-order valence-corrected chi connectivity index (χ2v) is 8.11. The number of carbonyl (C=O) groups excluding carboxylic acids is 1. The smallest absolute Gasteiger partial charge is 0.291 e. The van der Waals surface area contributed by atoms with E-state index in [1.54, 1.807) is 24.4 Å². The number of hydrogen-bond donors (Lipinski definition) is 0. The second kappa shape index (κ2) is 7.64. The molecule has 32 heavy (non-hydrogen) atoms. The lowest BCUT2D eigenvalue weighted by Gasteiger charge is -2.25. The summed E-state index contributed by atoms with van der Waals surface area (Å²) in [6.07, 6.45) is 3.41. The Kier molecular flexibility index (Phi) is 4.78. The van der Waals surface area contributed by atoms with Crippen LogP contribution in [0.5, 0.6) is 5.75 Å². The molecule has 0 spiro atoms. The highest BCUT2D eigenvalue weighted by molar-refractivity contribution is 5.99. The third-order valence-electron chi connectivity index (χ3n) is 5.88. The predicted molar refractivity (Wildman–Crippen MR) is 121 cm³/mol. The van der Waals surface area contributed by atoms with Crippen LogP contribution in [0.15, 0.2) is 70.1 Å². The fourth-order valence-electron chi connectivity index (χ4n) is 4.48.